The van der Waals surface area contributed by atoms with Crippen molar-refractivity contribution in [1.82, 2.24) is 9.88 Å². The standard InChI is InChI=1S/C22H25N3O2/c1-27-19-10-8-17(9-11-19)24-18-5-4-12-25(15-18)22(26)13-16-14-23-21-7-3-2-6-20(16)21/h2-3,6-11,14,18,23-24H,4-5,12-13,15H2,1H3. The zero-order valence-corrected chi connectivity index (χ0v) is 15.6. The zero-order valence-electron chi connectivity index (χ0n) is 15.6. The number of fused-ring (bicyclic) bond motifs is 1. The maximum Gasteiger partial charge on any atom is 0.227 e. The van der Waals surface area contributed by atoms with Crippen LogP contribution < -0.4 is 10.1 Å². The number of carbonyl (C=O) groups is 1. The minimum Gasteiger partial charge on any atom is -0.497 e. The van der Waals surface area contributed by atoms with Crippen LogP contribution in [0, 0.1) is 0 Å². The third-order valence-corrected chi connectivity index (χ3v) is 5.25. The van der Waals surface area contributed by atoms with E-state index < -0.39 is 0 Å². The largest absolute Gasteiger partial charge is 0.497 e. The highest BCUT2D eigenvalue weighted by Gasteiger charge is 2.24. The number of hydrogen-bond donors (Lipinski definition) is 2. The summed E-state index contributed by atoms with van der Waals surface area (Å²) in [6.07, 6.45) is 4.50. The van der Waals surface area contributed by atoms with Crippen LogP contribution in [0.1, 0.15) is 18.4 Å². The van der Waals surface area contributed by atoms with Crippen molar-refractivity contribution >= 4 is 22.5 Å². The van der Waals surface area contributed by atoms with E-state index in [-0.39, 0.29) is 11.9 Å². The van der Waals surface area contributed by atoms with Gasteiger partial charge in [0.1, 0.15) is 5.75 Å². The number of benzene rings is 2. The Labute approximate surface area is 159 Å². The van der Waals surface area contributed by atoms with Gasteiger partial charge in [0.2, 0.25) is 5.91 Å². The molecule has 0 bridgehead atoms. The molecule has 0 saturated carbocycles. The highest BCUT2D eigenvalue weighted by atomic mass is 16.5. The van der Waals surface area contributed by atoms with Crippen molar-refractivity contribution in [1.29, 1.82) is 0 Å². The number of aromatic amines is 1. The summed E-state index contributed by atoms with van der Waals surface area (Å²) in [5, 5.41) is 4.68. The van der Waals surface area contributed by atoms with Crippen LogP contribution in [0.4, 0.5) is 5.69 Å². The number of carbonyl (C=O) groups excluding carboxylic acids is 1. The van der Waals surface area contributed by atoms with Gasteiger partial charge >= 0.3 is 0 Å². The highest BCUT2D eigenvalue weighted by molar-refractivity contribution is 5.89. The van der Waals surface area contributed by atoms with Crippen molar-refractivity contribution in [3.8, 4) is 5.75 Å². The first kappa shape index (κ1) is 17.5. The molecule has 0 aliphatic carbocycles. The van der Waals surface area contributed by atoms with Crippen LogP contribution in [0.25, 0.3) is 10.9 Å². The quantitative estimate of drug-likeness (QED) is 0.724. The minimum atomic E-state index is 0.195. The fraction of sp³-hybridized carbons (Fsp3) is 0.318. The second-order valence-corrected chi connectivity index (χ2v) is 7.09. The number of likely N-dealkylation sites (tertiary alicyclic amines) is 1. The van der Waals surface area contributed by atoms with Gasteiger partial charge < -0.3 is 19.9 Å². The van der Waals surface area contributed by atoms with Gasteiger partial charge in [0.25, 0.3) is 0 Å². The van der Waals surface area contributed by atoms with Crippen LogP contribution in [0.5, 0.6) is 5.75 Å². The van der Waals surface area contributed by atoms with Gasteiger partial charge in [-0.2, -0.15) is 0 Å². The van der Waals surface area contributed by atoms with Gasteiger partial charge in [-0.05, 0) is 48.7 Å². The summed E-state index contributed by atoms with van der Waals surface area (Å²) >= 11 is 0. The Bertz CT molecular complexity index is 917. The molecular weight excluding hydrogens is 338 g/mol. The first-order valence-electron chi connectivity index (χ1n) is 9.46. The summed E-state index contributed by atoms with van der Waals surface area (Å²) in [5.41, 5.74) is 3.21. The van der Waals surface area contributed by atoms with E-state index >= 15 is 0 Å². The predicted octanol–water partition coefficient (Wildman–Crippen LogP) is 3.82. The predicted molar refractivity (Wildman–Crippen MR) is 108 cm³/mol. The molecule has 1 amide bonds. The fourth-order valence-electron chi connectivity index (χ4n) is 3.80. The van der Waals surface area contributed by atoms with Crippen LogP contribution in [0.3, 0.4) is 0 Å². The molecule has 2 aromatic carbocycles. The van der Waals surface area contributed by atoms with Crippen LogP contribution in [-0.2, 0) is 11.2 Å². The van der Waals surface area contributed by atoms with E-state index in [1.54, 1.807) is 7.11 Å². The number of H-pyrrole nitrogens is 1. The van der Waals surface area contributed by atoms with Crippen LogP contribution in [0.2, 0.25) is 0 Å². The summed E-state index contributed by atoms with van der Waals surface area (Å²) in [6.45, 7) is 1.58. The normalized spacial score (nSPS) is 17.1. The van der Waals surface area contributed by atoms with Crippen molar-refractivity contribution < 1.29 is 9.53 Å². The average molecular weight is 363 g/mol. The van der Waals surface area contributed by atoms with Gasteiger partial charge in [0.15, 0.2) is 0 Å². The zero-order chi connectivity index (χ0) is 18.6. The van der Waals surface area contributed by atoms with E-state index in [4.69, 9.17) is 4.74 Å². The molecule has 1 aromatic heterocycles. The Balaban J connectivity index is 1.39. The summed E-state index contributed by atoms with van der Waals surface area (Å²) < 4.78 is 5.20. The number of aromatic nitrogens is 1. The van der Waals surface area contributed by atoms with Crippen LogP contribution in [-0.4, -0.2) is 42.0 Å². The Kier molecular flexibility index (Phi) is 5.01. The summed E-state index contributed by atoms with van der Waals surface area (Å²) in [6, 6.07) is 16.3. The number of para-hydroxylation sites is 1. The molecule has 5 nitrogen and oxygen atoms in total. The number of nitrogens with one attached hydrogen (secondary N) is 2. The van der Waals surface area contributed by atoms with Crippen molar-refractivity contribution in [2.45, 2.75) is 25.3 Å². The summed E-state index contributed by atoms with van der Waals surface area (Å²) in [7, 11) is 1.67. The second kappa shape index (κ2) is 7.74. The van der Waals surface area contributed by atoms with E-state index in [1.165, 1.54) is 0 Å². The lowest BCUT2D eigenvalue weighted by molar-refractivity contribution is -0.131. The molecule has 140 valence electrons. The summed E-state index contributed by atoms with van der Waals surface area (Å²) in [5.74, 6) is 1.04. The van der Waals surface area contributed by atoms with Crippen LogP contribution in [0.15, 0.2) is 54.7 Å². The van der Waals surface area contributed by atoms with E-state index in [0.717, 1.165) is 53.8 Å². The monoisotopic (exact) mass is 363 g/mol. The number of amides is 1. The van der Waals surface area contributed by atoms with Crippen molar-refractivity contribution in [2.24, 2.45) is 0 Å². The van der Waals surface area contributed by atoms with Crippen molar-refractivity contribution in [2.75, 3.05) is 25.5 Å². The van der Waals surface area contributed by atoms with E-state index in [0.29, 0.717) is 6.42 Å². The number of piperidine rings is 1. The topological polar surface area (TPSA) is 57.4 Å². The second-order valence-electron chi connectivity index (χ2n) is 7.09. The first-order valence-corrected chi connectivity index (χ1v) is 9.46. The maximum atomic E-state index is 12.9. The fourth-order valence-corrected chi connectivity index (χ4v) is 3.80. The Morgan fingerprint density at radius 2 is 2.04 bits per heavy atom. The smallest absolute Gasteiger partial charge is 0.227 e. The van der Waals surface area contributed by atoms with Gasteiger partial charge in [0.05, 0.1) is 13.5 Å². The first-order chi connectivity index (χ1) is 13.2. The number of rotatable bonds is 5. The Hall–Kier alpha value is -2.95. The minimum absolute atomic E-state index is 0.195. The number of ether oxygens (including phenoxy) is 1. The molecule has 0 spiro atoms. The molecule has 1 saturated heterocycles. The van der Waals surface area contributed by atoms with Gasteiger partial charge in [-0.15, -0.1) is 0 Å². The third kappa shape index (κ3) is 3.92. The lowest BCUT2D eigenvalue weighted by Crippen LogP contribution is -2.45. The van der Waals surface area contributed by atoms with Gasteiger partial charge in [-0.3, -0.25) is 4.79 Å². The number of hydrogen-bond acceptors (Lipinski definition) is 3. The third-order valence-electron chi connectivity index (χ3n) is 5.25. The van der Waals surface area contributed by atoms with Gasteiger partial charge in [-0.1, -0.05) is 18.2 Å². The lowest BCUT2D eigenvalue weighted by atomic mass is 10.0. The summed E-state index contributed by atoms with van der Waals surface area (Å²) in [4.78, 5) is 18.1. The maximum absolute atomic E-state index is 12.9. The average Bonchev–Trinajstić information content (AvgIpc) is 3.12. The van der Waals surface area contributed by atoms with E-state index in [2.05, 4.69) is 16.4 Å². The Morgan fingerprint density at radius 3 is 2.85 bits per heavy atom. The van der Waals surface area contributed by atoms with Crippen molar-refractivity contribution in [3.05, 3.63) is 60.3 Å². The molecule has 3 aromatic rings. The molecule has 1 unspecified atom stereocenters. The lowest BCUT2D eigenvalue weighted by Gasteiger charge is -2.34. The highest BCUT2D eigenvalue weighted by Crippen LogP contribution is 2.22. The van der Waals surface area contributed by atoms with Gasteiger partial charge in [0, 0.05) is 41.9 Å². The molecule has 1 fully saturated rings. The molecule has 0 radical (unpaired) electrons. The van der Waals surface area contributed by atoms with E-state index in [1.807, 2.05) is 53.6 Å². The van der Waals surface area contributed by atoms with E-state index in [9.17, 15) is 4.79 Å². The number of anilines is 1. The number of methoxy groups -OCH3 is 1. The molecule has 1 aliphatic heterocycles. The molecular formula is C22H25N3O2. The molecule has 1 atom stereocenters. The molecule has 4 rings (SSSR count). The molecule has 27 heavy (non-hydrogen) atoms. The molecule has 2 N–H and O–H groups in total. The molecule has 5 heteroatoms. The Morgan fingerprint density at radius 1 is 1.22 bits per heavy atom. The number of nitrogens with zero attached hydrogens (tertiary/aromatic N) is 1. The van der Waals surface area contributed by atoms with Gasteiger partial charge in [-0.25, -0.2) is 0 Å². The SMILES string of the molecule is COc1ccc(NC2CCCN(C(=O)Cc3c[nH]c4ccccc34)C2)cc1. The molecule has 1 aliphatic rings. The van der Waals surface area contributed by atoms with Crippen molar-refractivity contribution in [3.63, 3.8) is 0 Å². The molecule has 2 heterocycles. The van der Waals surface area contributed by atoms with Crippen LogP contribution >= 0.6 is 0 Å².